The molecule has 0 spiro atoms. The Labute approximate surface area is 111 Å². The van der Waals surface area contributed by atoms with Gasteiger partial charge in [-0.15, -0.1) is 0 Å². The van der Waals surface area contributed by atoms with E-state index < -0.39 is 0 Å². The van der Waals surface area contributed by atoms with E-state index in [0.29, 0.717) is 17.6 Å². The molecule has 1 aromatic rings. The average Bonchev–Trinajstić information content (AvgIpc) is 3.12. The Balaban J connectivity index is 1.98. The third kappa shape index (κ3) is 3.40. The van der Waals surface area contributed by atoms with Crippen molar-refractivity contribution >= 4 is 28.9 Å². The summed E-state index contributed by atoms with van der Waals surface area (Å²) in [5, 5.41) is 2.93. The highest BCUT2D eigenvalue weighted by atomic mass is 32.1. The predicted octanol–water partition coefficient (Wildman–Crippen LogP) is 0.431. The molecule has 0 radical (unpaired) electrons. The summed E-state index contributed by atoms with van der Waals surface area (Å²) in [7, 11) is 1.82. The van der Waals surface area contributed by atoms with E-state index in [4.69, 9.17) is 18.0 Å². The van der Waals surface area contributed by atoms with Gasteiger partial charge in [-0.3, -0.25) is 4.79 Å². The van der Waals surface area contributed by atoms with Crippen molar-refractivity contribution in [3.8, 4) is 0 Å². The standard InChI is InChI=1S/C12H16N4OS/c1-16(7-11(17)14-8-5-6-8)10-4-2-3-9(15-10)12(13)18/h2-4,8H,5-7H2,1H3,(H2,13,18)(H,14,17). The van der Waals surface area contributed by atoms with E-state index in [1.54, 1.807) is 11.0 Å². The number of carbonyl (C=O) groups excluding carboxylic acids is 1. The SMILES string of the molecule is CN(CC(=O)NC1CC1)c1cccc(C(N)=S)n1. The van der Waals surface area contributed by atoms with Crippen molar-refractivity contribution in [3.05, 3.63) is 23.9 Å². The zero-order valence-electron chi connectivity index (χ0n) is 10.2. The number of rotatable bonds is 5. The van der Waals surface area contributed by atoms with Gasteiger partial charge in [0.15, 0.2) is 0 Å². The van der Waals surface area contributed by atoms with Crippen LogP contribution in [0.2, 0.25) is 0 Å². The summed E-state index contributed by atoms with van der Waals surface area (Å²) < 4.78 is 0. The highest BCUT2D eigenvalue weighted by Gasteiger charge is 2.23. The molecule has 3 N–H and O–H groups in total. The largest absolute Gasteiger partial charge is 0.388 e. The molecule has 1 fully saturated rings. The number of hydrogen-bond donors (Lipinski definition) is 2. The third-order valence-corrected chi connectivity index (χ3v) is 2.91. The van der Waals surface area contributed by atoms with Crippen LogP contribution < -0.4 is 16.0 Å². The van der Waals surface area contributed by atoms with Crippen LogP contribution in [0.15, 0.2) is 18.2 Å². The van der Waals surface area contributed by atoms with Crippen molar-refractivity contribution in [2.75, 3.05) is 18.5 Å². The molecule has 0 aliphatic heterocycles. The smallest absolute Gasteiger partial charge is 0.239 e. The Morgan fingerprint density at radius 1 is 1.61 bits per heavy atom. The molecule has 96 valence electrons. The van der Waals surface area contributed by atoms with Crippen molar-refractivity contribution < 1.29 is 4.79 Å². The maximum Gasteiger partial charge on any atom is 0.239 e. The number of hydrogen-bond acceptors (Lipinski definition) is 4. The molecule has 0 aromatic carbocycles. The topological polar surface area (TPSA) is 71.2 Å². The van der Waals surface area contributed by atoms with Crippen LogP contribution in [-0.4, -0.2) is 35.5 Å². The Hall–Kier alpha value is -1.69. The summed E-state index contributed by atoms with van der Waals surface area (Å²) in [5.74, 6) is 0.703. The summed E-state index contributed by atoms with van der Waals surface area (Å²) in [6, 6.07) is 5.78. The highest BCUT2D eigenvalue weighted by molar-refractivity contribution is 7.80. The Morgan fingerprint density at radius 3 is 2.94 bits per heavy atom. The zero-order valence-corrected chi connectivity index (χ0v) is 11.0. The van der Waals surface area contributed by atoms with Crippen molar-refractivity contribution in [2.24, 2.45) is 5.73 Å². The highest BCUT2D eigenvalue weighted by Crippen LogP contribution is 2.18. The van der Waals surface area contributed by atoms with Gasteiger partial charge in [0.2, 0.25) is 5.91 Å². The first kappa shape index (κ1) is 12.8. The van der Waals surface area contributed by atoms with Crippen LogP contribution in [0.5, 0.6) is 0 Å². The quantitative estimate of drug-likeness (QED) is 0.755. The minimum absolute atomic E-state index is 0.0162. The van der Waals surface area contributed by atoms with Gasteiger partial charge in [0, 0.05) is 13.1 Å². The molecule has 6 heteroatoms. The summed E-state index contributed by atoms with van der Waals surface area (Å²) in [5.41, 5.74) is 6.10. The van der Waals surface area contributed by atoms with E-state index in [0.717, 1.165) is 12.8 Å². The normalized spacial score (nSPS) is 14.1. The number of likely N-dealkylation sites (N-methyl/N-ethyl adjacent to an activating group) is 1. The molecule has 1 aromatic heterocycles. The summed E-state index contributed by atoms with van der Waals surface area (Å²) in [6.45, 7) is 0.282. The van der Waals surface area contributed by atoms with Crippen LogP contribution in [0.3, 0.4) is 0 Å². The van der Waals surface area contributed by atoms with Gasteiger partial charge in [-0.2, -0.15) is 0 Å². The third-order valence-electron chi connectivity index (χ3n) is 2.70. The van der Waals surface area contributed by atoms with Crippen LogP contribution in [0.25, 0.3) is 0 Å². The lowest BCUT2D eigenvalue weighted by molar-refractivity contribution is -0.119. The number of aromatic nitrogens is 1. The second kappa shape index (κ2) is 5.30. The molecule has 2 rings (SSSR count). The second-order valence-corrected chi connectivity index (χ2v) is 4.88. The Bertz CT molecular complexity index is 473. The molecule has 1 aliphatic carbocycles. The first-order valence-electron chi connectivity index (χ1n) is 5.83. The number of carbonyl (C=O) groups is 1. The monoisotopic (exact) mass is 264 g/mol. The van der Waals surface area contributed by atoms with Gasteiger partial charge in [0.05, 0.1) is 12.2 Å². The number of nitrogens with two attached hydrogens (primary N) is 1. The van der Waals surface area contributed by atoms with Gasteiger partial charge < -0.3 is 16.0 Å². The van der Waals surface area contributed by atoms with Crippen LogP contribution in [-0.2, 0) is 4.79 Å². The molecule has 0 saturated heterocycles. The van der Waals surface area contributed by atoms with E-state index in [9.17, 15) is 4.79 Å². The van der Waals surface area contributed by atoms with Crippen molar-refractivity contribution in [1.29, 1.82) is 0 Å². The van der Waals surface area contributed by atoms with Crippen LogP contribution >= 0.6 is 12.2 Å². The van der Waals surface area contributed by atoms with Crippen molar-refractivity contribution in [3.63, 3.8) is 0 Å². The fourth-order valence-electron chi connectivity index (χ4n) is 1.57. The number of nitrogens with zero attached hydrogens (tertiary/aromatic N) is 2. The van der Waals surface area contributed by atoms with Crippen LogP contribution in [0.4, 0.5) is 5.82 Å². The van der Waals surface area contributed by atoms with Crippen molar-refractivity contribution in [2.45, 2.75) is 18.9 Å². The van der Waals surface area contributed by atoms with E-state index in [1.807, 2.05) is 19.2 Å². The molecule has 5 nitrogen and oxygen atoms in total. The molecular weight excluding hydrogens is 248 g/mol. The first-order chi connectivity index (χ1) is 8.56. The van der Waals surface area contributed by atoms with E-state index in [-0.39, 0.29) is 17.4 Å². The lowest BCUT2D eigenvalue weighted by Crippen LogP contribution is -2.36. The molecule has 18 heavy (non-hydrogen) atoms. The summed E-state index contributed by atoms with van der Waals surface area (Å²) in [6.07, 6.45) is 2.18. The summed E-state index contributed by atoms with van der Waals surface area (Å²) in [4.78, 5) is 18.0. The molecule has 1 heterocycles. The number of pyridine rings is 1. The predicted molar refractivity (Wildman–Crippen MR) is 74.6 cm³/mol. The first-order valence-corrected chi connectivity index (χ1v) is 6.24. The molecule has 1 amide bonds. The number of amides is 1. The Morgan fingerprint density at radius 2 is 2.33 bits per heavy atom. The fourth-order valence-corrected chi connectivity index (χ4v) is 1.68. The van der Waals surface area contributed by atoms with E-state index in [2.05, 4.69) is 10.3 Å². The molecule has 0 atom stereocenters. The lowest BCUT2D eigenvalue weighted by atomic mass is 10.3. The maximum absolute atomic E-state index is 11.7. The van der Waals surface area contributed by atoms with Gasteiger partial charge in [0.1, 0.15) is 10.8 Å². The fraction of sp³-hybridized carbons (Fsp3) is 0.417. The molecule has 0 bridgehead atoms. The van der Waals surface area contributed by atoms with Gasteiger partial charge in [-0.05, 0) is 25.0 Å². The lowest BCUT2D eigenvalue weighted by Gasteiger charge is -2.18. The molecular formula is C12H16N4OS. The minimum Gasteiger partial charge on any atom is -0.388 e. The molecule has 1 saturated carbocycles. The number of thiocarbonyl (C=S) groups is 1. The zero-order chi connectivity index (χ0) is 13.1. The van der Waals surface area contributed by atoms with Crippen LogP contribution in [0.1, 0.15) is 18.5 Å². The maximum atomic E-state index is 11.7. The minimum atomic E-state index is 0.0162. The van der Waals surface area contributed by atoms with Gasteiger partial charge in [0.25, 0.3) is 0 Å². The number of nitrogens with one attached hydrogen (secondary N) is 1. The van der Waals surface area contributed by atoms with Gasteiger partial charge >= 0.3 is 0 Å². The van der Waals surface area contributed by atoms with E-state index >= 15 is 0 Å². The summed E-state index contributed by atoms with van der Waals surface area (Å²) >= 11 is 4.88. The molecule has 1 aliphatic rings. The van der Waals surface area contributed by atoms with Crippen molar-refractivity contribution in [1.82, 2.24) is 10.3 Å². The Kier molecular flexibility index (Phi) is 3.76. The molecule has 0 unspecified atom stereocenters. The second-order valence-electron chi connectivity index (χ2n) is 4.44. The average molecular weight is 264 g/mol. The number of anilines is 1. The van der Waals surface area contributed by atoms with Crippen LogP contribution in [0, 0.1) is 0 Å². The van der Waals surface area contributed by atoms with E-state index in [1.165, 1.54) is 0 Å². The van der Waals surface area contributed by atoms with Gasteiger partial charge in [-0.1, -0.05) is 18.3 Å². The van der Waals surface area contributed by atoms with Gasteiger partial charge in [-0.25, -0.2) is 4.98 Å².